The third-order valence-corrected chi connectivity index (χ3v) is 5.01. The molecule has 0 bridgehead atoms. The number of fused-ring (bicyclic) bond motifs is 1. The summed E-state index contributed by atoms with van der Waals surface area (Å²) in [5, 5.41) is 8.24. The number of amides is 1. The highest BCUT2D eigenvalue weighted by Crippen LogP contribution is 2.19. The molecule has 142 valence electrons. The van der Waals surface area contributed by atoms with E-state index in [1.807, 2.05) is 39.0 Å². The molecule has 0 saturated carbocycles. The van der Waals surface area contributed by atoms with Gasteiger partial charge in [-0.2, -0.15) is 5.10 Å². The molecule has 0 unspecified atom stereocenters. The molecule has 2 heterocycles. The van der Waals surface area contributed by atoms with E-state index >= 15 is 0 Å². The van der Waals surface area contributed by atoms with Gasteiger partial charge in [-0.1, -0.05) is 30.8 Å². The topological polar surface area (TPSA) is 81.8 Å². The number of para-hydroxylation sites is 1. The molecule has 0 saturated heterocycles. The molecule has 8 heteroatoms. The largest absolute Gasteiger partial charge is 0.310 e. The number of carbonyl (C=O) groups excluding carboxylic acids is 1. The van der Waals surface area contributed by atoms with Crippen LogP contribution in [0, 0.1) is 0 Å². The van der Waals surface area contributed by atoms with Crippen molar-refractivity contribution >= 4 is 34.4 Å². The van der Waals surface area contributed by atoms with Crippen LogP contribution in [-0.4, -0.2) is 31.0 Å². The summed E-state index contributed by atoms with van der Waals surface area (Å²) >= 11 is 1.27. The maximum Gasteiger partial charge on any atom is 0.262 e. The van der Waals surface area contributed by atoms with E-state index < -0.39 is 0 Å². The van der Waals surface area contributed by atoms with Crippen molar-refractivity contribution in [3.8, 4) is 0 Å². The van der Waals surface area contributed by atoms with Gasteiger partial charge >= 0.3 is 0 Å². The first kappa shape index (κ1) is 19.2. The summed E-state index contributed by atoms with van der Waals surface area (Å²) < 4.78 is 3.41. The van der Waals surface area contributed by atoms with Crippen molar-refractivity contribution in [2.24, 2.45) is 0 Å². The van der Waals surface area contributed by atoms with Crippen LogP contribution in [0.3, 0.4) is 0 Å². The molecule has 1 amide bonds. The minimum Gasteiger partial charge on any atom is -0.310 e. The number of hydrogen-bond donors (Lipinski definition) is 1. The number of thioether (sulfide) groups is 1. The molecule has 27 heavy (non-hydrogen) atoms. The van der Waals surface area contributed by atoms with Gasteiger partial charge in [0.05, 0.1) is 22.9 Å². The lowest BCUT2D eigenvalue weighted by Crippen LogP contribution is -2.24. The molecule has 0 aliphatic rings. The van der Waals surface area contributed by atoms with Crippen molar-refractivity contribution in [1.82, 2.24) is 19.3 Å². The summed E-state index contributed by atoms with van der Waals surface area (Å²) in [5.41, 5.74) is 0.582. The van der Waals surface area contributed by atoms with Crippen LogP contribution in [0.15, 0.2) is 46.5 Å². The normalized spacial score (nSPS) is 11.3. The number of anilines is 1. The average molecular weight is 385 g/mol. The minimum absolute atomic E-state index is 0.0664. The van der Waals surface area contributed by atoms with Crippen molar-refractivity contribution < 1.29 is 4.79 Å². The fourth-order valence-electron chi connectivity index (χ4n) is 2.81. The maximum atomic E-state index is 12.8. The van der Waals surface area contributed by atoms with Gasteiger partial charge in [-0.05, 0) is 32.4 Å². The Balaban J connectivity index is 1.79. The predicted octanol–water partition coefficient (Wildman–Crippen LogP) is 3.31. The molecule has 1 N–H and O–H groups in total. The summed E-state index contributed by atoms with van der Waals surface area (Å²) in [7, 11) is 0. The first-order valence-corrected chi connectivity index (χ1v) is 9.95. The van der Waals surface area contributed by atoms with Gasteiger partial charge in [0.1, 0.15) is 5.82 Å². The van der Waals surface area contributed by atoms with Gasteiger partial charge < -0.3 is 5.32 Å². The van der Waals surface area contributed by atoms with E-state index in [9.17, 15) is 9.59 Å². The van der Waals surface area contributed by atoms with Crippen LogP contribution in [0.1, 0.15) is 33.2 Å². The zero-order chi connectivity index (χ0) is 19.4. The van der Waals surface area contributed by atoms with Crippen molar-refractivity contribution in [3.63, 3.8) is 0 Å². The number of benzene rings is 1. The molecule has 0 fully saturated rings. The standard InChI is InChI=1S/C19H23N5O2S/c1-4-11-23-18(26)14-7-5-6-8-15(14)21-19(23)27-12-17(25)22-16-9-10-20-24(16)13(2)3/h5-10,13H,4,11-12H2,1-3H3,(H,22,25). The quantitative estimate of drug-likeness (QED) is 0.498. The van der Waals surface area contributed by atoms with E-state index in [2.05, 4.69) is 15.4 Å². The van der Waals surface area contributed by atoms with Crippen LogP contribution in [0.4, 0.5) is 5.82 Å². The molecule has 7 nitrogen and oxygen atoms in total. The summed E-state index contributed by atoms with van der Waals surface area (Å²) in [4.78, 5) is 29.7. The number of carbonyl (C=O) groups is 1. The van der Waals surface area contributed by atoms with Crippen molar-refractivity contribution in [3.05, 3.63) is 46.9 Å². The van der Waals surface area contributed by atoms with Gasteiger partial charge in [-0.25, -0.2) is 9.67 Å². The van der Waals surface area contributed by atoms with Gasteiger partial charge in [0.15, 0.2) is 5.16 Å². The van der Waals surface area contributed by atoms with E-state index in [0.717, 1.165) is 6.42 Å². The van der Waals surface area contributed by atoms with Crippen LogP contribution >= 0.6 is 11.8 Å². The molecule has 2 aromatic heterocycles. The Morgan fingerprint density at radius 3 is 2.78 bits per heavy atom. The summed E-state index contributed by atoms with van der Waals surface area (Å²) in [6.07, 6.45) is 2.47. The van der Waals surface area contributed by atoms with Crippen molar-refractivity contribution in [1.29, 1.82) is 0 Å². The van der Waals surface area contributed by atoms with Gasteiger partial charge in [-0.15, -0.1) is 0 Å². The highest BCUT2D eigenvalue weighted by atomic mass is 32.2. The second-order valence-corrected chi connectivity index (χ2v) is 7.40. The lowest BCUT2D eigenvalue weighted by molar-refractivity contribution is -0.113. The zero-order valence-electron chi connectivity index (χ0n) is 15.7. The fourth-order valence-corrected chi connectivity index (χ4v) is 3.64. The van der Waals surface area contributed by atoms with Gasteiger partial charge in [0.2, 0.25) is 5.91 Å². The molecular formula is C19H23N5O2S. The minimum atomic E-state index is -0.159. The number of nitrogens with one attached hydrogen (secondary N) is 1. The third-order valence-electron chi connectivity index (χ3n) is 4.03. The van der Waals surface area contributed by atoms with Crippen molar-refractivity contribution in [2.45, 2.75) is 44.9 Å². The fraction of sp³-hybridized carbons (Fsp3) is 0.368. The number of aromatic nitrogens is 4. The predicted molar refractivity (Wildman–Crippen MR) is 108 cm³/mol. The van der Waals surface area contributed by atoms with Crippen LogP contribution in [-0.2, 0) is 11.3 Å². The van der Waals surface area contributed by atoms with Crippen molar-refractivity contribution in [2.75, 3.05) is 11.1 Å². The van der Waals surface area contributed by atoms with Crippen LogP contribution in [0.5, 0.6) is 0 Å². The number of rotatable bonds is 7. The lowest BCUT2D eigenvalue weighted by atomic mass is 10.2. The number of nitrogens with zero attached hydrogens (tertiary/aromatic N) is 4. The van der Waals surface area contributed by atoms with Gasteiger partial charge in [-0.3, -0.25) is 14.2 Å². The SMILES string of the molecule is CCCn1c(SCC(=O)Nc2ccnn2C(C)C)nc2ccccc2c1=O. The van der Waals surface area contributed by atoms with Crippen LogP contribution in [0.25, 0.3) is 10.9 Å². The van der Waals surface area contributed by atoms with Crippen LogP contribution in [0.2, 0.25) is 0 Å². The molecule has 3 rings (SSSR count). The Bertz CT molecular complexity index is 1010. The first-order chi connectivity index (χ1) is 13.0. The van der Waals surface area contributed by atoms with E-state index in [0.29, 0.717) is 28.4 Å². The van der Waals surface area contributed by atoms with E-state index in [1.54, 1.807) is 27.6 Å². The Hall–Kier alpha value is -2.61. The average Bonchev–Trinajstić information content (AvgIpc) is 3.11. The molecular weight excluding hydrogens is 362 g/mol. The van der Waals surface area contributed by atoms with E-state index in [1.165, 1.54) is 11.8 Å². The smallest absolute Gasteiger partial charge is 0.262 e. The summed E-state index contributed by atoms with van der Waals surface area (Å²) in [6.45, 7) is 6.58. The Morgan fingerprint density at radius 2 is 2.04 bits per heavy atom. The molecule has 0 spiro atoms. The Labute approximate surface area is 161 Å². The highest BCUT2D eigenvalue weighted by molar-refractivity contribution is 7.99. The van der Waals surface area contributed by atoms with E-state index in [4.69, 9.17) is 0 Å². The molecule has 3 aromatic rings. The summed E-state index contributed by atoms with van der Waals surface area (Å²) in [6, 6.07) is 9.21. The Morgan fingerprint density at radius 1 is 1.26 bits per heavy atom. The summed E-state index contributed by atoms with van der Waals surface area (Å²) in [5.74, 6) is 0.665. The van der Waals surface area contributed by atoms with Crippen LogP contribution < -0.4 is 10.9 Å². The monoisotopic (exact) mass is 385 g/mol. The van der Waals surface area contributed by atoms with Gasteiger partial charge in [0, 0.05) is 18.7 Å². The second kappa shape index (κ2) is 8.39. The Kier molecular flexibility index (Phi) is 5.95. The maximum absolute atomic E-state index is 12.8. The third kappa shape index (κ3) is 4.21. The molecule has 0 radical (unpaired) electrons. The highest BCUT2D eigenvalue weighted by Gasteiger charge is 2.14. The number of hydrogen-bond acceptors (Lipinski definition) is 5. The van der Waals surface area contributed by atoms with Gasteiger partial charge in [0.25, 0.3) is 5.56 Å². The molecule has 1 aromatic carbocycles. The van der Waals surface area contributed by atoms with E-state index in [-0.39, 0.29) is 23.3 Å². The molecule has 0 aliphatic carbocycles. The first-order valence-electron chi connectivity index (χ1n) is 8.97. The second-order valence-electron chi connectivity index (χ2n) is 6.46. The molecule has 0 atom stereocenters. The molecule has 0 aliphatic heterocycles. The lowest BCUT2D eigenvalue weighted by Gasteiger charge is -2.13. The zero-order valence-corrected chi connectivity index (χ0v) is 16.5.